The number of rotatable bonds is 6. The number of benzene rings is 2. The van der Waals surface area contributed by atoms with Gasteiger partial charge in [-0.2, -0.15) is 0 Å². The van der Waals surface area contributed by atoms with Gasteiger partial charge in [-0.25, -0.2) is 4.98 Å². The van der Waals surface area contributed by atoms with E-state index in [1.165, 1.54) is 18.4 Å². The predicted octanol–water partition coefficient (Wildman–Crippen LogP) is 4.11. The minimum absolute atomic E-state index is 0.0972. The van der Waals surface area contributed by atoms with Gasteiger partial charge in [0.15, 0.2) is 5.96 Å². The summed E-state index contributed by atoms with van der Waals surface area (Å²) in [6.45, 7) is 0.427. The van der Waals surface area contributed by atoms with Gasteiger partial charge in [-0.05, 0) is 18.2 Å². The second kappa shape index (κ2) is 9.13. The van der Waals surface area contributed by atoms with Crippen LogP contribution >= 0.6 is 0 Å². The van der Waals surface area contributed by atoms with Crippen LogP contribution in [0.4, 0.5) is 13.2 Å². The lowest BCUT2D eigenvalue weighted by atomic mass is 10.2. The third-order valence-electron chi connectivity index (χ3n) is 3.88. The summed E-state index contributed by atoms with van der Waals surface area (Å²) in [5, 5.41) is 6.00. The molecule has 0 bridgehead atoms. The molecule has 29 heavy (non-hydrogen) atoms. The fraction of sp³-hybridized carbons (Fsp3) is 0.200. The lowest BCUT2D eigenvalue weighted by Gasteiger charge is -2.15. The summed E-state index contributed by atoms with van der Waals surface area (Å²) in [5.41, 5.74) is 1.87. The molecular weight excluding hydrogens is 385 g/mol. The van der Waals surface area contributed by atoms with Crippen LogP contribution in [0, 0.1) is 0 Å². The molecule has 1 aromatic heterocycles. The molecule has 0 radical (unpaired) electrons. The zero-order valence-corrected chi connectivity index (χ0v) is 15.5. The third-order valence-corrected chi connectivity index (χ3v) is 3.88. The molecule has 0 fully saturated rings. The molecule has 0 saturated heterocycles. The first-order valence-electron chi connectivity index (χ1n) is 8.72. The first-order valence-corrected chi connectivity index (χ1v) is 8.72. The molecule has 0 aliphatic rings. The lowest BCUT2D eigenvalue weighted by molar-refractivity contribution is -0.274. The van der Waals surface area contributed by atoms with E-state index in [0.29, 0.717) is 29.7 Å². The monoisotopic (exact) mass is 404 g/mol. The van der Waals surface area contributed by atoms with Gasteiger partial charge in [-0.1, -0.05) is 36.4 Å². The zero-order valence-electron chi connectivity index (χ0n) is 15.5. The van der Waals surface area contributed by atoms with E-state index in [9.17, 15) is 13.2 Å². The Bertz CT molecular complexity index is 956. The highest BCUT2D eigenvalue weighted by Crippen LogP contribution is 2.26. The molecule has 3 rings (SSSR count). The Labute approximate surface area is 165 Å². The topological polar surface area (TPSA) is 71.7 Å². The van der Waals surface area contributed by atoms with E-state index in [0.717, 1.165) is 5.56 Å². The lowest BCUT2D eigenvalue weighted by Crippen LogP contribution is -2.36. The first kappa shape index (κ1) is 20.2. The quantitative estimate of drug-likeness (QED) is 0.478. The fourth-order valence-corrected chi connectivity index (χ4v) is 2.55. The predicted molar refractivity (Wildman–Crippen MR) is 102 cm³/mol. The van der Waals surface area contributed by atoms with Gasteiger partial charge in [0.25, 0.3) is 0 Å². The maximum Gasteiger partial charge on any atom is 0.573 e. The second-order valence-electron chi connectivity index (χ2n) is 5.94. The number of hydrogen-bond acceptors (Lipinski definition) is 4. The van der Waals surface area contributed by atoms with Crippen LogP contribution < -0.4 is 15.4 Å². The van der Waals surface area contributed by atoms with Crippen LogP contribution in [-0.2, 0) is 13.1 Å². The molecule has 2 N–H and O–H groups in total. The van der Waals surface area contributed by atoms with E-state index in [4.69, 9.17) is 4.42 Å². The van der Waals surface area contributed by atoms with Crippen molar-refractivity contribution in [1.82, 2.24) is 15.6 Å². The molecule has 152 valence electrons. The summed E-state index contributed by atoms with van der Waals surface area (Å²) >= 11 is 0. The highest BCUT2D eigenvalue weighted by atomic mass is 19.4. The van der Waals surface area contributed by atoms with Gasteiger partial charge in [0.05, 0.1) is 12.2 Å². The van der Waals surface area contributed by atoms with E-state index in [1.54, 1.807) is 19.2 Å². The number of nitrogens with zero attached hydrogens (tertiary/aromatic N) is 2. The maximum absolute atomic E-state index is 12.5. The van der Waals surface area contributed by atoms with Gasteiger partial charge in [0, 0.05) is 24.7 Å². The Kier molecular flexibility index (Phi) is 6.38. The van der Waals surface area contributed by atoms with E-state index >= 15 is 0 Å². The maximum atomic E-state index is 12.5. The Morgan fingerprint density at radius 3 is 2.45 bits per heavy atom. The molecule has 0 saturated carbocycles. The Balaban J connectivity index is 1.57. The number of aliphatic imine (C=N–C) groups is 1. The number of guanidine groups is 1. The van der Waals surface area contributed by atoms with E-state index in [1.807, 2.05) is 30.3 Å². The van der Waals surface area contributed by atoms with Crippen molar-refractivity contribution in [2.75, 3.05) is 7.05 Å². The van der Waals surface area contributed by atoms with Crippen LogP contribution in [-0.4, -0.2) is 24.4 Å². The Morgan fingerprint density at radius 1 is 1.03 bits per heavy atom. The van der Waals surface area contributed by atoms with Crippen LogP contribution in [0.5, 0.6) is 5.75 Å². The van der Waals surface area contributed by atoms with Crippen molar-refractivity contribution in [1.29, 1.82) is 0 Å². The zero-order chi connectivity index (χ0) is 20.7. The van der Waals surface area contributed by atoms with Crippen molar-refractivity contribution in [3.05, 3.63) is 72.1 Å². The average molecular weight is 404 g/mol. The Hall–Kier alpha value is -3.49. The Morgan fingerprint density at radius 2 is 1.72 bits per heavy atom. The summed E-state index contributed by atoms with van der Waals surface area (Å²) < 4.78 is 47.1. The van der Waals surface area contributed by atoms with Crippen LogP contribution in [0.3, 0.4) is 0 Å². The minimum Gasteiger partial charge on any atom is -0.444 e. The average Bonchev–Trinajstić information content (AvgIpc) is 3.18. The first-order chi connectivity index (χ1) is 13.9. The van der Waals surface area contributed by atoms with Crippen LogP contribution in [0.15, 0.2) is 70.3 Å². The molecular formula is C20H19F3N4O2. The van der Waals surface area contributed by atoms with Gasteiger partial charge < -0.3 is 19.8 Å². The molecule has 9 heteroatoms. The molecule has 0 atom stereocenters. The van der Waals surface area contributed by atoms with Crippen molar-refractivity contribution in [2.45, 2.75) is 19.5 Å². The standard InChI is InChI=1S/C20H19F3N4O2/c1-24-19(25-11-15-9-5-6-10-17(15)29-20(21,22)23)26-12-16-13-28-18(27-16)14-7-3-2-4-8-14/h2-10,13H,11-12H2,1H3,(H2,24,25,26). The number of para-hydroxylation sites is 1. The van der Waals surface area contributed by atoms with Crippen molar-refractivity contribution in [3.63, 3.8) is 0 Å². The van der Waals surface area contributed by atoms with Crippen LogP contribution in [0.25, 0.3) is 11.5 Å². The molecule has 1 heterocycles. The van der Waals surface area contributed by atoms with Gasteiger partial charge in [0.1, 0.15) is 12.0 Å². The van der Waals surface area contributed by atoms with Crippen molar-refractivity contribution >= 4 is 5.96 Å². The van der Waals surface area contributed by atoms with Gasteiger partial charge in [-0.15, -0.1) is 13.2 Å². The molecule has 0 amide bonds. The summed E-state index contributed by atoms with van der Waals surface area (Å²) in [6.07, 6.45) is -3.21. The summed E-state index contributed by atoms with van der Waals surface area (Å²) in [4.78, 5) is 8.46. The molecule has 0 aliphatic heterocycles. The number of halogens is 3. The number of alkyl halides is 3. The molecule has 3 aromatic rings. The SMILES string of the molecule is CN=C(NCc1coc(-c2ccccc2)n1)NCc1ccccc1OC(F)(F)F. The minimum atomic E-state index is -4.75. The summed E-state index contributed by atoms with van der Waals surface area (Å²) in [6, 6.07) is 15.4. The number of nitrogens with one attached hydrogen (secondary N) is 2. The van der Waals surface area contributed by atoms with E-state index < -0.39 is 6.36 Å². The largest absolute Gasteiger partial charge is 0.573 e. The third kappa shape index (κ3) is 6.00. The summed E-state index contributed by atoms with van der Waals surface area (Å²) in [7, 11) is 1.56. The molecule has 2 aromatic carbocycles. The molecule has 0 aliphatic carbocycles. The fourth-order valence-electron chi connectivity index (χ4n) is 2.55. The highest BCUT2D eigenvalue weighted by molar-refractivity contribution is 5.79. The normalized spacial score (nSPS) is 11.9. The number of oxazole rings is 1. The summed E-state index contributed by atoms with van der Waals surface area (Å²) in [5.74, 6) is 0.645. The van der Waals surface area contributed by atoms with Crippen molar-refractivity contribution < 1.29 is 22.3 Å². The van der Waals surface area contributed by atoms with E-state index in [-0.39, 0.29) is 12.3 Å². The van der Waals surface area contributed by atoms with Crippen molar-refractivity contribution in [3.8, 4) is 17.2 Å². The van der Waals surface area contributed by atoms with E-state index in [2.05, 4.69) is 25.3 Å². The molecule has 0 unspecified atom stereocenters. The van der Waals surface area contributed by atoms with Gasteiger partial charge in [0.2, 0.25) is 5.89 Å². The van der Waals surface area contributed by atoms with Crippen molar-refractivity contribution in [2.24, 2.45) is 4.99 Å². The second-order valence-corrected chi connectivity index (χ2v) is 5.94. The molecule has 0 spiro atoms. The number of aromatic nitrogens is 1. The smallest absolute Gasteiger partial charge is 0.444 e. The van der Waals surface area contributed by atoms with Crippen LogP contribution in [0.2, 0.25) is 0 Å². The number of ether oxygens (including phenoxy) is 1. The molecule has 6 nitrogen and oxygen atoms in total. The number of hydrogen-bond donors (Lipinski definition) is 2. The highest BCUT2D eigenvalue weighted by Gasteiger charge is 2.31. The van der Waals surface area contributed by atoms with Gasteiger partial charge in [-0.3, -0.25) is 4.99 Å². The van der Waals surface area contributed by atoms with Crippen LogP contribution in [0.1, 0.15) is 11.3 Å². The van der Waals surface area contributed by atoms with Gasteiger partial charge >= 0.3 is 6.36 Å².